The molecular formula is C16H20N4O3S. The number of benzene rings is 1. The summed E-state index contributed by atoms with van der Waals surface area (Å²) < 4.78 is 22.5. The lowest BCUT2D eigenvalue weighted by Gasteiger charge is -2.17. The first-order valence-electron chi connectivity index (χ1n) is 7.73. The van der Waals surface area contributed by atoms with Crippen LogP contribution in [-0.2, 0) is 21.4 Å². The smallest absolute Gasteiger partial charge is 0.239 e. The Hall–Kier alpha value is -2.16. The van der Waals surface area contributed by atoms with Crippen molar-refractivity contribution in [1.82, 2.24) is 16.2 Å². The molecule has 0 bridgehead atoms. The molecule has 7 nitrogen and oxygen atoms in total. The highest BCUT2D eigenvalue weighted by atomic mass is 32.2. The van der Waals surface area contributed by atoms with Crippen LogP contribution in [0.25, 0.3) is 0 Å². The van der Waals surface area contributed by atoms with Crippen molar-refractivity contribution in [2.45, 2.75) is 30.3 Å². The maximum Gasteiger partial charge on any atom is 0.239 e. The van der Waals surface area contributed by atoms with E-state index in [9.17, 15) is 13.2 Å². The molecule has 3 rings (SSSR count). The molecular weight excluding hydrogens is 328 g/mol. The molecule has 1 fully saturated rings. The van der Waals surface area contributed by atoms with Crippen molar-refractivity contribution < 1.29 is 13.2 Å². The summed E-state index contributed by atoms with van der Waals surface area (Å²) in [5.41, 5.74) is 7.94. The van der Waals surface area contributed by atoms with Gasteiger partial charge in [-0.2, -0.15) is 0 Å². The number of allylic oxidation sites excluding steroid dienone is 3. The number of nitrogens with one attached hydrogen (secondary N) is 3. The van der Waals surface area contributed by atoms with Gasteiger partial charge in [-0.25, -0.2) is 19.0 Å². The van der Waals surface area contributed by atoms with Gasteiger partial charge in [0.05, 0.1) is 4.90 Å². The van der Waals surface area contributed by atoms with Gasteiger partial charge in [-0.1, -0.05) is 24.3 Å². The summed E-state index contributed by atoms with van der Waals surface area (Å²) in [4.78, 5) is 12.5. The normalized spacial score (nSPS) is 23.0. The van der Waals surface area contributed by atoms with Crippen LogP contribution in [0.15, 0.2) is 53.1 Å². The van der Waals surface area contributed by atoms with Crippen LogP contribution in [0.5, 0.6) is 0 Å². The molecule has 1 aromatic rings. The molecule has 0 saturated carbocycles. The van der Waals surface area contributed by atoms with Crippen molar-refractivity contribution in [3.63, 3.8) is 0 Å². The predicted molar refractivity (Wildman–Crippen MR) is 89.7 cm³/mol. The third-order valence-corrected chi connectivity index (χ3v) is 5.16. The number of carbonyl (C=O) groups is 1. The zero-order valence-electron chi connectivity index (χ0n) is 13.0. The van der Waals surface area contributed by atoms with Crippen molar-refractivity contribution in [1.29, 1.82) is 0 Å². The minimum atomic E-state index is -3.70. The second-order valence-corrected chi connectivity index (χ2v) is 7.45. The van der Waals surface area contributed by atoms with E-state index < -0.39 is 10.0 Å². The largest absolute Gasteiger partial charge is 0.351 e. The van der Waals surface area contributed by atoms with E-state index in [4.69, 9.17) is 5.14 Å². The van der Waals surface area contributed by atoms with Gasteiger partial charge in [0.15, 0.2) is 0 Å². The minimum Gasteiger partial charge on any atom is -0.351 e. The number of sulfonamides is 1. The number of primary sulfonamides is 1. The Kier molecular flexibility index (Phi) is 4.70. The maximum absolute atomic E-state index is 12.4. The molecule has 24 heavy (non-hydrogen) atoms. The molecule has 1 heterocycles. The highest BCUT2D eigenvalue weighted by molar-refractivity contribution is 7.89. The Bertz CT molecular complexity index is 784. The summed E-state index contributed by atoms with van der Waals surface area (Å²) in [6, 6.07) is 5.83. The minimum absolute atomic E-state index is 0.0555. The lowest BCUT2D eigenvalue weighted by atomic mass is 9.93. The number of rotatable bonds is 4. The van der Waals surface area contributed by atoms with Gasteiger partial charge < -0.3 is 10.7 Å². The van der Waals surface area contributed by atoms with Crippen LogP contribution < -0.4 is 21.3 Å². The third kappa shape index (κ3) is 3.66. The first-order chi connectivity index (χ1) is 11.4. The summed E-state index contributed by atoms with van der Waals surface area (Å²) >= 11 is 0. The quantitative estimate of drug-likeness (QED) is 0.624. The molecule has 2 atom stereocenters. The third-order valence-electron chi connectivity index (χ3n) is 4.23. The summed E-state index contributed by atoms with van der Waals surface area (Å²) in [6.07, 6.45) is 7.92. The number of hydrogen-bond donors (Lipinski definition) is 4. The van der Waals surface area contributed by atoms with Crippen LogP contribution in [0.1, 0.15) is 18.4 Å². The van der Waals surface area contributed by atoms with Crippen molar-refractivity contribution in [3.05, 3.63) is 53.8 Å². The first kappa shape index (κ1) is 16.7. The molecule has 0 aromatic heterocycles. The molecule has 1 aromatic carbocycles. The average Bonchev–Trinajstić information content (AvgIpc) is 2.81. The zero-order chi connectivity index (χ0) is 17.2. The van der Waals surface area contributed by atoms with Crippen molar-refractivity contribution in [3.8, 4) is 0 Å². The van der Waals surface area contributed by atoms with Gasteiger partial charge in [0.2, 0.25) is 15.9 Å². The SMILES string of the molecule is NS(=O)(=O)c1ccc(CNC(=O)C2NNC3=CC=CCCC32)cc1. The number of hydrazine groups is 1. The standard InChI is InChI=1S/C16H20N4O3S/c17-24(22,23)12-8-6-11(7-9-12)10-18-16(21)15-13-4-2-1-3-5-14(13)19-20-15/h1,3,5-9,13,15,19-20H,2,4,10H2,(H,18,21)(H2,17,22,23). The number of nitrogens with two attached hydrogens (primary N) is 1. The fourth-order valence-corrected chi connectivity index (χ4v) is 3.42. The Morgan fingerprint density at radius 2 is 2.04 bits per heavy atom. The Labute approximate surface area is 141 Å². The van der Waals surface area contributed by atoms with Gasteiger partial charge in [-0.15, -0.1) is 0 Å². The molecule has 2 unspecified atom stereocenters. The molecule has 8 heteroatoms. The lowest BCUT2D eigenvalue weighted by Crippen LogP contribution is -2.45. The molecule has 1 aliphatic heterocycles. The summed E-state index contributed by atoms with van der Waals surface area (Å²) in [6.45, 7) is 0.325. The number of fused-ring (bicyclic) bond motifs is 1. The number of carbonyl (C=O) groups excluding carboxylic acids is 1. The predicted octanol–water partition coefficient (Wildman–Crippen LogP) is 0.277. The second kappa shape index (κ2) is 6.76. The van der Waals surface area contributed by atoms with Gasteiger partial charge in [-0.3, -0.25) is 4.79 Å². The highest BCUT2D eigenvalue weighted by Gasteiger charge is 2.35. The zero-order valence-corrected chi connectivity index (χ0v) is 13.8. The highest BCUT2D eigenvalue weighted by Crippen LogP contribution is 2.26. The van der Waals surface area contributed by atoms with E-state index >= 15 is 0 Å². The lowest BCUT2D eigenvalue weighted by molar-refractivity contribution is -0.123. The van der Waals surface area contributed by atoms with Gasteiger partial charge >= 0.3 is 0 Å². The molecule has 0 spiro atoms. The van der Waals surface area contributed by atoms with Crippen molar-refractivity contribution in [2.75, 3.05) is 0 Å². The summed E-state index contributed by atoms with van der Waals surface area (Å²) in [7, 11) is -3.70. The van der Waals surface area contributed by atoms with Gasteiger partial charge in [0.25, 0.3) is 0 Å². The van der Waals surface area contributed by atoms with E-state index in [0.29, 0.717) is 6.54 Å². The number of hydrogen-bond acceptors (Lipinski definition) is 5. The fraction of sp³-hybridized carbons (Fsp3) is 0.312. The van der Waals surface area contributed by atoms with Crippen molar-refractivity contribution in [2.24, 2.45) is 11.1 Å². The monoisotopic (exact) mass is 348 g/mol. The fourth-order valence-electron chi connectivity index (χ4n) is 2.91. The molecule has 2 aliphatic rings. The molecule has 0 radical (unpaired) electrons. The first-order valence-corrected chi connectivity index (χ1v) is 9.27. The Morgan fingerprint density at radius 1 is 1.29 bits per heavy atom. The van der Waals surface area contributed by atoms with Crippen LogP contribution in [0.4, 0.5) is 0 Å². The van der Waals surface area contributed by atoms with E-state index in [1.165, 1.54) is 12.1 Å². The molecule has 1 amide bonds. The van der Waals surface area contributed by atoms with Crippen LogP contribution in [0, 0.1) is 5.92 Å². The Balaban J connectivity index is 1.60. The maximum atomic E-state index is 12.4. The molecule has 1 aliphatic carbocycles. The average molecular weight is 348 g/mol. The van der Waals surface area contributed by atoms with E-state index in [2.05, 4.69) is 22.2 Å². The van der Waals surface area contributed by atoms with Crippen molar-refractivity contribution >= 4 is 15.9 Å². The Morgan fingerprint density at radius 3 is 2.75 bits per heavy atom. The van der Waals surface area contributed by atoms with Crippen LogP contribution in [0.3, 0.4) is 0 Å². The van der Waals surface area contributed by atoms with Gasteiger partial charge in [0.1, 0.15) is 6.04 Å². The van der Waals surface area contributed by atoms with Crippen LogP contribution in [-0.4, -0.2) is 20.4 Å². The topological polar surface area (TPSA) is 113 Å². The summed E-state index contributed by atoms with van der Waals surface area (Å²) in [5, 5.41) is 7.95. The molecule has 5 N–H and O–H groups in total. The van der Waals surface area contributed by atoms with Crippen LogP contribution in [0.2, 0.25) is 0 Å². The van der Waals surface area contributed by atoms with Gasteiger partial charge in [-0.05, 0) is 36.6 Å². The molecule has 128 valence electrons. The number of amides is 1. The summed E-state index contributed by atoms with van der Waals surface area (Å²) in [5.74, 6) is 0.0399. The van der Waals surface area contributed by atoms with E-state index in [1.54, 1.807) is 12.1 Å². The van der Waals surface area contributed by atoms with Crippen LogP contribution >= 0.6 is 0 Å². The second-order valence-electron chi connectivity index (χ2n) is 5.89. The van der Waals surface area contributed by atoms with E-state index in [-0.39, 0.29) is 22.8 Å². The van der Waals surface area contributed by atoms with Gasteiger partial charge in [0, 0.05) is 18.2 Å². The molecule has 1 saturated heterocycles. The van der Waals surface area contributed by atoms with E-state index in [1.807, 2.05) is 12.2 Å². The van der Waals surface area contributed by atoms with E-state index in [0.717, 1.165) is 24.1 Å².